The summed E-state index contributed by atoms with van der Waals surface area (Å²) in [6.07, 6.45) is 2.18. The summed E-state index contributed by atoms with van der Waals surface area (Å²) in [5.41, 5.74) is 4.98. The van der Waals surface area contributed by atoms with Crippen molar-refractivity contribution in [2.45, 2.75) is 39.0 Å². The van der Waals surface area contributed by atoms with Crippen LogP contribution in [0.5, 0.6) is 0 Å². The molecular formula is C20H22N2O2. The van der Waals surface area contributed by atoms with Crippen molar-refractivity contribution in [2.24, 2.45) is 0 Å². The normalized spacial score (nSPS) is 15.8. The first-order valence-corrected chi connectivity index (χ1v) is 8.39. The van der Waals surface area contributed by atoms with Crippen molar-refractivity contribution >= 4 is 23.2 Å². The van der Waals surface area contributed by atoms with Crippen molar-refractivity contribution < 1.29 is 9.59 Å². The van der Waals surface area contributed by atoms with Gasteiger partial charge in [0.1, 0.15) is 0 Å². The second-order valence-electron chi connectivity index (χ2n) is 6.23. The van der Waals surface area contributed by atoms with Crippen molar-refractivity contribution in [3.05, 3.63) is 59.2 Å². The number of hydrogen-bond acceptors (Lipinski definition) is 2. The van der Waals surface area contributed by atoms with Crippen LogP contribution < -0.4 is 10.6 Å². The van der Waals surface area contributed by atoms with Gasteiger partial charge in [0.05, 0.1) is 5.92 Å². The molecule has 3 rings (SSSR count). The highest BCUT2D eigenvalue weighted by Crippen LogP contribution is 2.34. The number of rotatable bonds is 5. The van der Waals surface area contributed by atoms with Gasteiger partial charge in [-0.05, 0) is 54.7 Å². The number of aryl methyl sites for hydroxylation is 2. The molecule has 0 radical (unpaired) electrons. The lowest BCUT2D eigenvalue weighted by atomic mass is 10.0. The molecule has 2 N–H and O–H groups in total. The third kappa shape index (κ3) is 3.48. The van der Waals surface area contributed by atoms with E-state index >= 15 is 0 Å². The summed E-state index contributed by atoms with van der Waals surface area (Å²) in [5, 5.41) is 5.75. The maximum Gasteiger partial charge on any atom is 0.231 e. The first-order valence-electron chi connectivity index (χ1n) is 8.39. The van der Waals surface area contributed by atoms with Gasteiger partial charge in [-0.3, -0.25) is 9.59 Å². The van der Waals surface area contributed by atoms with Crippen LogP contribution in [-0.4, -0.2) is 11.8 Å². The minimum atomic E-state index is -0.172. The molecule has 0 fully saturated rings. The van der Waals surface area contributed by atoms with E-state index in [1.54, 1.807) is 0 Å². The Morgan fingerprint density at radius 1 is 1.12 bits per heavy atom. The highest BCUT2D eigenvalue weighted by atomic mass is 16.2. The van der Waals surface area contributed by atoms with E-state index in [4.69, 9.17) is 0 Å². The third-order valence-electron chi connectivity index (χ3n) is 4.52. The van der Waals surface area contributed by atoms with Crippen LogP contribution in [0.2, 0.25) is 0 Å². The second-order valence-corrected chi connectivity index (χ2v) is 6.23. The Morgan fingerprint density at radius 2 is 1.83 bits per heavy atom. The van der Waals surface area contributed by atoms with Gasteiger partial charge < -0.3 is 10.6 Å². The largest absolute Gasteiger partial charge is 0.326 e. The minimum absolute atomic E-state index is 0.00371. The van der Waals surface area contributed by atoms with Crippen molar-refractivity contribution in [1.82, 2.24) is 0 Å². The number of carbonyl (C=O) groups is 2. The fraction of sp³-hybridized carbons (Fsp3) is 0.300. The zero-order valence-corrected chi connectivity index (χ0v) is 14.1. The number of benzene rings is 2. The molecule has 0 aromatic heterocycles. The molecule has 4 heteroatoms. The number of nitrogens with one attached hydrogen (secondary N) is 2. The van der Waals surface area contributed by atoms with Gasteiger partial charge in [-0.1, -0.05) is 31.2 Å². The predicted octanol–water partition coefficient (Wildman–Crippen LogP) is 3.88. The molecule has 1 atom stereocenters. The summed E-state index contributed by atoms with van der Waals surface area (Å²) in [5.74, 6) is -0.183. The molecule has 2 aromatic rings. The Balaban J connectivity index is 1.58. The average molecular weight is 322 g/mol. The van der Waals surface area contributed by atoms with Gasteiger partial charge in [0, 0.05) is 17.8 Å². The maximum atomic E-state index is 12.2. The molecule has 1 unspecified atom stereocenters. The van der Waals surface area contributed by atoms with Gasteiger partial charge in [-0.15, -0.1) is 0 Å². The molecule has 24 heavy (non-hydrogen) atoms. The van der Waals surface area contributed by atoms with Gasteiger partial charge >= 0.3 is 0 Å². The maximum absolute atomic E-state index is 12.2. The molecule has 1 aliphatic rings. The Kier molecular flexibility index (Phi) is 4.65. The molecule has 4 nitrogen and oxygen atoms in total. The van der Waals surface area contributed by atoms with Gasteiger partial charge in [-0.2, -0.15) is 0 Å². The van der Waals surface area contributed by atoms with Gasteiger partial charge in [0.15, 0.2) is 0 Å². The third-order valence-corrected chi connectivity index (χ3v) is 4.52. The standard InChI is InChI=1S/C20H22N2O2/c1-3-14-4-6-15(7-5-14)8-11-19(23)21-16-9-10-18-17(12-16)13(2)20(24)22-18/h4-7,9-10,12-13H,3,8,11H2,1-2H3,(H,21,23)(H,22,24). The van der Waals surface area contributed by atoms with E-state index in [9.17, 15) is 9.59 Å². The molecule has 0 saturated heterocycles. The summed E-state index contributed by atoms with van der Waals surface area (Å²) in [7, 11) is 0. The summed E-state index contributed by atoms with van der Waals surface area (Å²) in [4.78, 5) is 23.8. The van der Waals surface area contributed by atoms with Crippen molar-refractivity contribution in [3.8, 4) is 0 Å². The van der Waals surface area contributed by atoms with Crippen LogP contribution in [0.15, 0.2) is 42.5 Å². The van der Waals surface area contributed by atoms with Crippen LogP contribution in [0.3, 0.4) is 0 Å². The molecule has 0 bridgehead atoms. The zero-order chi connectivity index (χ0) is 17.1. The Morgan fingerprint density at radius 3 is 2.54 bits per heavy atom. The van der Waals surface area contributed by atoms with Crippen molar-refractivity contribution in [3.63, 3.8) is 0 Å². The van der Waals surface area contributed by atoms with Crippen LogP contribution in [-0.2, 0) is 22.4 Å². The minimum Gasteiger partial charge on any atom is -0.326 e. The quantitative estimate of drug-likeness (QED) is 0.878. The van der Waals surface area contributed by atoms with E-state index in [1.807, 2.05) is 25.1 Å². The second kappa shape index (κ2) is 6.87. The van der Waals surface area contributed by atoms with Crippen LogP contribution in [0, 0.1) is 0 Å². The van der Waals surface area contributed by atoms with E-state index in [0.717, 1.165) is 29.8 Å². The van der Waals surface area contributed by atoms with Gasteiger partial charge in [-0.25, -0.2) is 0 Å². The summed E-state index contributed by atoms with van der Waals surface area (Å²) >= 11 is 0. The molecule has 2 amide bonds. The number of carbonyl (C=O) groups excluding carboxylic acids is 2. The van der Waals surface area contributed by atoms with Crippen molar-refractivity contribution in [1.29, 1.82) is 0 Å². The van der Waals surface area contributed by atoms with E-state index in [0.29, 0.717) is 6.42 Å². The first kappa shape index (κ1) is 16.2. The molecule has 1 aliphatic heterocycles. The smallest absolute Gasteiger partial charge is 0.231 e. The lowest BCUT2D eigenvalue weighted by Crippen LogP contribution is -2.12. The Hall–Kier alpha value is -2.62. The first-order chi connectivity index (χ1) is 11.6. The predicted molar refractivity (Wildman–Crippen MR) is 96.3 cm³/mol. The molecule has 0 aliphatic carbocycles. The lowest BCUT2D eigenvalue weighted by molar-refractivity contribution is -0.117. The number of anilines is 2. The zero-order valence-electron chi connectivity index (χ0n) is 14.1. The number of hydrogen-bond donors (Lipinski definition) is 2. The molecule has 124 valence electrons. The van der Waals surface area contributed by atoms with Crippen LogP contribution in [0.25, 0.3) is 0 Å². The fourth-order valence-corrected chi connectivity index (χ4v) is 2.92. The van der Waals surface area contributed by atoms with Crippen LogP contribution in [0.1, 0.15) is 42.9 Å². The van der Waals surface area contributed by atoms with Gasteiger partial charge in [0.25, 0.3) is 0 Å². The monoisotopic (exact) mass is 322 g/mol. The summed E-state index contributed by atoms with van der Waals surface area (Å²) < 4.78 is 0. The van der Waals surface area contributed by atoms with Crippen LogP contribution >= 0.6 is 0 Å². The highest BCUT2D eigenvalue weighted by Gasteiger charge is 2.26. The topological polar surface area (TPSA) is 58.2 Å². The SMILES string of the molecule is CCc1ccc(CCC(=O)Nc2ccc3c(c2)C(C)C(=O)N3)cc1. The fourth-order valence-electron chi connectivity index (χ4n) is 2.92. The van der Waals surface area contributed by atoms with E-state index in [2.05, 4.69) is 41.8 Å². The molecule has 0 spiro atoms. The van der Waals surface area contributed by atoms with E-state index < -0.39 is 0 Å². The summed E-state index contributed by atoms with van der Waals surface area (Å²) in [6.45, 7) is 4.00. The summed E-state index contributed by atoms with van der Waals surface area (Å²) in [6, 6.07) is 13.9. The molecule has 2 aromatic carbocycles. The van der Waals surface area contributed by atoms with E-state index in [1.165, 1.54) is 11.1 Å². The molecule has 0 saturated carbocycles. The number of fused-ring (bicyclic) bond motifs is 1. The molecule has 1 heterocycles. The van der Waals surface area contributed by atoms with Crippen molar-refractivity contribution in [2.75, 3.05) is 10.6 Å². The molecular weight excluding hydrogens is 300 g/mol. The average Bonchev–Trinajstić information content (AvgIpc) is 2.88. The Bertz CT molecular complexity index is 766. The number of amides is 2. The highest BCUT2D eigenvalue weighted by molar-refractivity contribution is 6.03. The van der Waals surface area contributed by atoms with E-state index in [-0.39, 0.29) is 17.7 Å². The Labute approximate surface area is 142 Å². The lowest BCUT2D eigenvalue weighted by Gasteiger charge is -2.08. The van der Waals surface area contributed by atoms with Crippen LogP contribution in [0.4, 0.5) is 11.4 Å². The van der Waals surface area contributed by atoms with Gasteiger partial charge in [0.2, 0.25) is 11.8 Å².